The van der Waals surface area contributed by atoms with Gasteiger partial charge in [0, 0.05) is 33.1 Å². The molecule has 2 nitrogen and oxygen atoms in total. The molecule has 57 heavy (non-hydrogen) atoms. The molecule has 1 heterocycles. The third-order valence-electron chi connectivity index (χ3n) is 12.2. The van der Waals surface area contributed by atoms with Crippen LogP contribution in [0, 0.1) is 0 Å². The molecule has 0 saturated heterocycles. The van der Waals surface area contributed by atoms with Crippen molar-refractivity contribution in [2.45, 2.75) is 19.3 Å². The van der Waals surface area contributed by atoms with E-state index in [0.29, 0.717) is 0 Å². The molecule has 1 aliphatic rings. The molecule has 0 unspecified atom stereocenters. The van der Waals surface area contributed by atoms with E-state index in [1.165, 1.54) is 77.1 Å². The predicted molar refractivity (Wildman–Crippen MR) is 241 cm³/mol. The zero-order chi connectivity index (χ0) is 38.1. The Bertz CT molecular complexity index is 3140. The lowest BCUT2D eigenvalue weighted by Gasteiger charge is -2.30. The molecule has 0 fully saturated rings. The number of nitrogens with zero attached hydrogens (tertiary/aromatic N) is 2. The van der Waals surface area contributed by atoms with Crippen molar-refractivity contribution in [3.63, 3.8) is 0 Å². The summed E-state index contributed by atoms with van der Waals surface area (Å²) in [4.78, 5) is 2.49. The second-order valence-electron chi connectivity index (χ2n) is 15.7. The largest absolute Gasteiger partial charge is 0.308 e. The van der Waals surface area contributed by atoms with Gasteiger partial charge in [-0.1, -0.05) is 178 Å². The number of fused-ring (bicyclic) bond motifs is 7. The van der Waals surface area contributed by atoms with E-state index >= 15 is 0 Å². The summed E-state index contributed by atoms with van der Waals surface area (Å²) in [5.74, 6) is 0. The molecule has 0 N–H and O–H groups in total. The van der Waals surface area contributed by atoms with Crippen LogP contribution in [-0.2, 0) is 5.41 Å². The smallest absolute Gasteiger partial charge is 0.0782 e. The van der Waals surface area contributed by atoms with Crippen LogP contribution in [0.25, 0.3) is 71.6 Å². The van der Waals surface area contributed by atoms with Crippen LogP contribution in [-0.4, -0.2) is 4.57 Å². The monoisotopic (exact) mass is 728 g/mol. The molecular weight excluding hydrogens is 689 g/mol. The fourth-order valence-electron chi connectivity index (χ4n) is 9.58. The van der Waals surface area contributed by atoms with Crippen LogP contribution in [0.3, 0.4) is 0 Å². The summed E-state index contributed by atoms with van der Waals surface area (Å²) in [6.45, 7) is 4.72. The number of anilines is 3. The Labute approximate surface area is 333 Å². The van der Waals surface area contributed by atoms with Crippen LogP contribution < -0.4 is 4.90 Å². The molecule has 0 bridgehead atoms. The summed E-state index contributed by atoms with van der Waals surface area (Å²) >= 11 is 0. The Hall–Kier alpha value is -7.16. The van der Waals surface area contributed by atoms with E-state index < -0.39 is 0 Å². The maximum atomic E-state index is 2.49. The Balaban J connectivity index is 1.20. The molecule has 1 aliphatic carbocycles. The molecule has 270 valence electrons. The van der Waals surface area contributed by atoms with Crippen LogP contribution >= 0.6 is 0 Å². The normalized spacial score (nSPS) is 12.9. The van der Waals surface area contributed by atoms with Gasteiger partial charge in [0.25, 0.3) is 0 Å². The van der Waals surface area contributed by atoms with Crippen LogP contribution in [0.2, 0.25) is 0 Å². The predicted octanol–water partition coefficient (Wildman–Crippen LogP) is 15.0. The minimum atomic E-state index is -0.101. The van der Waals surface area contributed by atoms with Crippen molar-refractivity contribution < 1.29 is 0 Å². The zero-order valence-corrected chi connectivity index (χ0v) is 32.0. The van der Waals surface area contributed by atoms with Crippen LogP contribution in [0.15, 0.2) is 206 Å². The molecule has 11 rings (SSSR count). The van der Waals surface area contributed by atoms with Gasteiger partial charge in [-0.2, -0.15) is 0 Å². The van der Waals surface area contributed by atoms with Crippen LogP contribution in [0.5, 0.6) is 0 Å². The number of aromatic nitrogens is 1. The van der Waals surface area contributed by atoms with Crippen molar-refractivity contribution >= 4 is 49.6 Å². The highest BCUT2D eigenvalue weighted by Crippen LogP contribution is 2.54. The van der Waals surface area contributed by atoms with E-state index in [0.717, 1.165) is 22.7 Å². The molecule has 1 aromatic heterocycles. The molecule has 0 atom stereocenters. The van der Waals surface area contributed by atoms with Crippen molar-refractivity contribution in [2.24, 2.45) is 0 Å². The second-order valence-corrected chi connectivity index (χ2v) is 15.7. The summed E-state index contributed by atoms with van der Waals surface area (Å²) < 4.78 is 2.44. The lowest BCUT2D eigenvalue weighted by molar-refractivity contribution is 0.660. The van der Waals surface area contributed by atoms with Crippen molar-refractivity contribution in [3.05, 3.63) is 217 Å². The van der Waals surface area contributed by atoms with Gasteiger partial charge in [-0.15, -0.1) is 0 Å². The number of hydrogen-bond acceptors (Lipinski definition) is 1. The molecule has 0 aliphatic heterocycles. The maximum absolute atomic E-state index is 2.49. The standard InChI is InChI=1S/C55H40N2/c1-55(2)48-28-11-8-24-47(48)53-45(26-15-29-49(53)55)43-22-9-12-30-50(43)56(40-35-33-38(34-36-40)42-25-14-18-37-17-6-7-21-41(37)42)52-32-16-27-46-44-23-10-13-31-51(44)57(54(46)52)39-19-4-3-5-20-39/h3-36H,1-2H3. The highest BCUT2D eigenvalue weighted by Gasteiger charge is 2.37. The molecule has 0 amide bonds. The molecule has 0 spiro atoms. The average molecular weight is 729 g/mol. The molecule has 2 heteroatoms. The number of para-hydroxylation sites is 4. The first-order chi connectivity index (χ1) is 28.1. The maximum Gasteiger partial charge on any atom is 0.0782 e. The Morgan fingerprint density at radius 3 is 1.84 bits per heavy atom. The first-order valence-corrected chi connectivity index (χ1v) is 19.9. The zero-order valence-electron chi connectivity index (χ0n) is 32.0. The Morgan fingerprint density at radius 2 is 0.982 bits per heavy atom. The van der Waals surface area contributed by atoms with Crippen molar-refractivity contribution in [1.29, 1.82) is 0 Å². The van der Waals surface area contributed by atoms with E-state index in [1.54, 1.807) is 0 Å². The van der Waals surface area contributed by atoms with Gasteiger partial charge < -0.3 is 9.47 Å². The van der Waals surface area contributed by atoms with E-state index in [4.69, 9.17) is 0 Å². The summed E-state index contributed by atoms with van der Waals surface area (Å²) in [5, 5.41) is 4.96. The Kier molecular flexibility index (Phi) is 7.55. The van der Waals surface area contributed by atoms with Crippen molar-refractivity contribution in [3.8, 4) is 39.1 Å². The number of benzene rings is 9. The van der Waals surface area contributed by atoms with Gasteiger partial charge in [0.2, 0.25) is 0 Å². The fourth-order valence-corrected chi connectivity index (χ4v) is 9.58. The fraction of sp³-hybridized carbons (Fsp3) is 0.0545. The topological polar surface area (TPSA) is 8.17 Å². The van der Waals surface area contributed by atoms with Gasteiger partial charge in [-0.05, 0) is 92.2 Å². The average Bonchev–Trinajstić information content (AvgIpc) is 3.73. The Morgan fingerprint density at radius 1 is 0.404 bits per heavy atom. The van der Waals surface area contributed by atoms with Crippen molar-refractivity contribution in [2.75, 3.05) is 4.90 Å². The second kappa shape index (κ2) is 13.0. The van der Waals surface area contributed by atoms with Crippen molar-refractivity contribution in [1.82, 2.24) is 4.57 Å². The van der Waals surface area contributed by atoms with E-state index in [-0.39, 0.29) is 5.41 Å². The van der Waals surface area contributed by atoms with E-state index in [2.05, 4.69) is 230 Å². The summed E-state index contributed by atoms with van der Waals surface area (Å²) in [6.07, 6.45) is 0. The van der Waals surface area contributed by atoms with E-state index in [9.17, 15) is 0 Å². The van der Waals surface area contributed by atoms with Gasteiger partial charge in [0.15, 0.2) is 0 Å². The molecular formula is C55H40N2. The lowest BCUT2D eigenvalue weighted by atomic mass is 9.82. The number of rotatable bonds is 6. The SMILES string of the molecule is CC1(C)c2ccccc2-c2c(-c3ccccc3N(c3ccc(-c4cccc5ccccc45)cc3)c3cccc4c5ccccc5n(-c5ccccc5)c34)cccc21. The third kappa shape index (κ3) is 5.11. The minimum absolute atomic E-state index is 0.101. The summed E-state index contributed by atoms with van der Waals surface area (Å²) in [7, 11) is 0. The van der Waals surface area contributed by atoms with Crippen LogP contribution in [0.1, 0.15) is 25.0 Å². The highest BCUT2D eigenvalue weighted by molar-refractivity contribution is 6.15. The third-order valence-corrected chi connectivity index (χ3v) is 12.2. The van der Waals surface area contributed by atoms with Gasteiger partial charge in [-0.25, -0.2) is 0 Å². The lowest BCUT2D eigenvalue weighted by Crippen LogP contribution is -2.15. The summed E-state index contributed by atoms with van der Waals surface area (Å²) in [6, 6.07) is 75.6. The molecule has 10 aromatic rings. The van der Waals surface area contributed by atoms with Gasteiger partial charge in [0.05, 0.1) is 22.4 Å². The highest BCUT2D eigenvalue weighted by atomic mass is 15.2. The first kappa shape index (κ1) is 33.2. The minimum Gasteiger partial charge on any atom is -0.308 e. The quantitative estimate of drug-likeness (QED) is 0.165. The van der Waals surface area contributed by atoms with E-state index in [1.807, 2.05) is 0 Å². The molecule has 0 radical (unpaired) electrons. The number of hydrogen-bond donors (Lipinski definition) is 0. The molecule has 0 saturated carbocycles. The molecule has 9 aromatic carbocycles. The van der Waals surface area contributed by atoms with Gasteiger partial charge in [0.1, 0.15) is 0 Å². The first-order valence-electron chi connectivity index (χ1n) is 19.9. The van der Waals surface area contributed by atoms with Gasteiger partial charge in [-0.3, -0.25) is 0 Å². The van der Waals surface area contributed by atoms with Gasteiger partial charge >= 0.3 is 0 Å². The van der Waals surface area contributed by atoms with Crippen LogP contribution in [0.4, 0.5) is 17.1 Å². The summed E-state index contributed by atoms with van der Waals surface area (Å²) in [5.41, 5.74) is 17.0.